The average Bonchev–Trinajstić information content (AvgIpc) is 3.13. The molecule has 6 heteroatoms. The fourth-order valence-electron chi connectivity index (χ4n) is 4.45. The van der Waals surface area contributed by atoms with Crippen LogP contribution in [0.4, 0.5) is 5.69 Å². The first-order valence-corrected chi connectivity index (χ1v) is 11.9. The van der Waals surface area contributed by atoms with Gasteiger partial charge in [-0.25, -0.2) is 0 Å². The van der Waals surface area contributed by atoms with Gasteiger partial charge in [-0.3, -0.25) is 14.5 Å². The first kappa shape index (κ1) is 25.0. The van der Waals surface area contributed by atoms with E-state index >= 15 is 0 Å². The molecule has 186 valence electrons. The second-order valence-corrected chi connectivity index (χ2v) is 9.67. The first-order valence-electron chi connectivity index (χ1n) is 11.9. The smallest absolute Gasteiger partial charge is 0.300 e. The summed E-state index contributed by atoms with van der Waals surface area (Å²) in [6.45, 7) is 8.70. The summed E-state index contributed by atoms with van der Waals surface area (Å²) in [6, 6.07) is 20.9. The number of Topliss-reactive ketones (excluding diaryl/α,β-unsaturated/α-hetero) is 1. The Morgan fingerprint density at radius 3 is 2.31 bits per heavy atom. The molecule has 0 spiro atoms. The number of aliphatic hydroxyl groups excluding tert-OH is 1. The summed E-state index contributed by atoms with van der Waals surface area (Å²) in [6.07, 6.45) is 0. The monoisotopic (exact) mass is 485 g/mol. The van der Waals surface area contributed by atoms with E-state index in [0.29, 0.717) is 34.9 Å². The van der Waals surface area contributed by atoms with E-state index in [4.69, 9.17) is 9.47 Å². The molecule has 0 saturated carbocycles. The van der Waals surface area contributed by atoms with Crippen molar-refractivity contribution < 1.29 is 24.2 Å². The van der Waals surface area contributed by atoms with Crippen molar-refractivity contribution in [2.45, 2.75) is 39.2 Å². The lowest BCUT2D eigenvalue weighted by Crippen LogP contribution is -2.29. The number of hydrogen-bond acceptors (Lipinski definition) is 5. The zero-order chi connectivity index (χ0) is 26.0. The summed E-state index contributed by atoms with van der Waals surface area (Å²) in [7, 11) is 1.49. The van der Waals surface area contributed by atoms with Gasteiger partial charge in [-0.1, -0.05) is 63.2 Å². The summed E-state index contributed by atoms with van der Waals surface area (Å²) >= 11 is 0. The van der Waals surface area contributed by atoms with Crippen LogP contribution in [0, 0.1) is 0 Å². The molecule has 0 aromatic heterocycles. The quantitative estimate of drug-likeness (QED) is 0.263. The van der Waals surface area contributed by atoms with E-state index in [1.54, 1.807) is 48.5 Å². The Morgan fingerprint density at radius 1 is 0.972 bits per heavy atom. The van der Waals surface area contributed by atoms with Gasteiger partial charge in [-0.2, -0.15) is 0 Å². The van der Waals surface area contributed by atoms with Crippen molar-refractivity contribution in [1.82, 2.24) is 0 Å². The highest BCUT2D eigenvalue weighted by molar-refractivity contribution is 6.51. The van der Waals surface area contributed by atoms with Gasteiger partial charge >= 0.3 is 0 Å². The number of aliphatic hydroxyl groups is 1. The third-order valence-corrected chi connectivity index (χ3v) is 6.31. The highest BCUT2D eigenvalue weighted by Gasteiger charge is 2.47. The van der Waals surface area contributed by atoms with Gasteiger partial charge in [0.15, 0.2) is 0 Å². The van der Waals surface area contributed by atoms with E-state index in [2.05, 4.69) is 20.8 Å². The van der Waals surface area contributed by atoms with Gasteiger partial charge in [-0.05, 0) is 47.7 Å². The summed E-state index contributed by atoms with van der Waals surface area (Å²) in [5.74, 6) is -0.765. The number of benzene rings is 3. The van der Waals surface area contributed by atoms with Crippen LogP contribution in [0.25, 0.3) is 5.76 Å². The van der Waals surface area contributed by atoms with Gasteiger partial charge in [0.05, 0.1) is 30.9 Å². The number of carbonyl (C=O) groups excluding carboxylic acids is 2. The van der Waals surface area contributed by atoms with E-state index in [1.165, 1.54) is 12.0 Å². The SMILES string of the molecule is CCOc1cccc(N2C(=O)C(=O)/C(=C(/O)c3ccccc3OC)C2c2ccc(C(C)(C)C)cc2)c1. The zero-order valence-electron chi connectivity index (χ0n) is 21.2. The minimum atomic E-state index is -0.833. The molecule has 0 aliphatic carbocycles. The highest BCUT2D eigenvalue weighted by atomic mass is 16.5. The van der Waals surface area contributed by atoms with E-state index in [0.717, 1.165) is 5.56 Å². The molecule has 1 aliphatic heterocycles. The van der Waals surface area contributed by atoms with Crippen LogP contribution in [-0.2, 0) is 15.0 Å². The van der Waals surface area contributed by atoms with Gasteiger partial charge in [0.2, 0.25) is 0 Å². The Labute approximate surface area is 211 Å². The van der Waals surface area contributed by atoms with Crippen LogP contribution in [0.1, 0.15) is 50.4 Å². The molecule has 6 nitrogen and oxygen atoms in total. The standard InChI is InChI=1S/C30H31NO5/c1-6-36-22-11-9-10-21(18-22)31-26(19-14-16-20(17-15-19)30(2,3)4)25(28(33)29(31)34)27(32)23-12-7-8-13-24(23)35-5/h7-18,26,32H,6H2,1-5H3/b27-25+. The predicted octanol–water partition coefficient (Wildman–Crippen LogP) is 6.02. The Morgan fingerprint density at radius 2 is 1.67 bits per heavy atom. The molecule has 3 aromatic rings. The summed E-state index contributed by atoms with van der Waals surface area (Å²) in [5, 5.41) is 11.4. The van der Waals surface area contributed by atoms with E-state index in [1.807, 2.05) is 31.2 Å². The molecule has 36 heavy (non-hydrogen) atoms. The molecule has 3 aromatic carbocycles. The number of carbonyl (C=O) groups is 2. The summed E-state index contributed by atoms with van der Waals surface area (Å²) < 4.78 is 11.1. The molecule has 0 bridgehead atoms. The number of para-hydroxylation sites is 1. The number of methoxy groups -OCH3 is 1. The van der Waals surface area contributed by atoms with Crippen molar-refractivity contribution >= 4 is 23.1 Å². The van der Waals surface area contributed by atoms with Crippen LogP contribution in [0.5, 0.6) is 11.5 Å². The molecular formula is C30H31NO5. The van der Waals surface area contributed by atoms with Crippen molar-refractivity contribution in [3.63, 3.8) is 0 Å². The number of anilines is 1. The Bertz CT molecular complexity index is 1320. The molecule has 1 amide bonds. The maximum Gasteiger partial charge on any atom is 0.300 e. The van der Waals surface area contributed by atoms with Crippen LogP contribution >= 0.6 is 0 Å². The van der Waals surface area contributed by atoms with Gasteiger partial charge in [0, 0.05) is 11.8 Å². The molecule has 1 N–H and O–H groups in total. The van der Waals surface area contributed by atoms with Crippen LogP contribution in [0.2, 0.25) is 0 Å². The van der Waals surface area contributed by atoms with Crippen LogP contribution in [0.3, 0.4) is 0 Å². The average molecular weight is 486 g/mol. The predicted molar refractivity (Wildman–Crippen MR) is 141 cm³/mol. The van der Waals surface area contributed by atoms with Crippen LogP contribution in [0.15, 0.2) is 78.4 Å². The van der Waals surface area contributed by atoms with Crippen molar-refractivity contribution in [2.24, 2.45) is 0 Å². The van der Waals surface area contributed by atoms with Crippen molar-refractivity contribution in [3.8, 4) is 11.5 Å². The Kier molecular flexibility index (Phi) is 6.88. The fourth-order valence-corrected chi connectivity index (χ4v) is 4.45. The zero-order valence-corrected chi connectivity index (χ0v) is 21.2. The largest absolute Gasteiger partial charge is 0.507 e. The number of ether oxygens (including phenoxy) is 2. The molecule has 1 atom stereocenters. The minimum absolute atomic E-state index is 0.00909. The molecular weight excluding hydrogens is 454 g/mol. The van der Waals surface area contributed by atoms with Crippen molar-refractivity contribution in [2.75, 3.05) is 18.6 Å². The second kappa shape index (κ2) is 9.90. The third-order valence-electron chi connectivity index (χ3n) is 6.31. The summed E-state index contributed by atoms with van der Waals surface area (Å²) in [5.41, 5.74) is 2.62. The number of nitrogens with zero attached hydrogens (tertiary/aromatic N) is 1. The van der Waals surface area contributed by atoms with Crippen molar-refractivity contribution in [1.29, 1.82) is 0 Å². The molecule has 4 rings (SSSR count). The van der Waals surface area contributed by atoms with Gasteiger partial charge < -0.3 is 14.6 Å². The van der Waals surface area contributed by atoms with Crippen LogP contribution < -0.4 is 14.4 Å². The molecule has 0 radical (unpaired) electrons. The van der Waals surface area contributed by atoms with E-state index in [9.17, 15) is 14.7 Å². The molecule has 1 aliphatic rings. The lowest BCUT2D eigenvalue weighted by molar-refractivity contribution is -0.132. The number of amides is 1. The Hall–Kier alpha value is -4.06. The third kappa shape index (κ3) is 4.59. The molecule has 1 saturated heterocycles. The van der Waals surface area contributed by atoms with Gasteiger partial charge in [-0.15, -0.1) is 0 Å². The van der Waals surface area contributed by atoms with E-state index < -0.39 is 17.7 Å². The fraction of sp³-hybridized carbons (Fsp3) is 0.267. The Balaban J connectivity index is 1.94. The molecule has 1 heterocycles. The number of hydrogen-bond donors (Lipinski definition) is 1. The van der Waals surface area contributed by atoms with Crippen molar-refractivity contribution in [3.05, 3.63) is 95.1 Å². The molecule has 1 unspecified atom stereocenters. The maximum atomic E-state index is 13.4. The minimum Gasteiger partial charge on any atom is -0.507 e. The second-order valence-electron chi connectivity index (χ2n) is 9.67. The van der Waals surface area contributed by atoms with Gasteiger partial charge in [0.1, 0.15) is 17.3 Å². The first-order chi connectivity index (χ1) is 17.2. The highest BCUT2D eigenvalue weighted by Crippen LogP contribution is 2.44. The molecule has 1 fully saturated rings. The maximum absolute atomic E-state index is 13.4. The topological polar surface area (TPSA) is 76.1 Å². The van der Waals surface area contributed by atoms with Crippen LogP contribution in [-0.4, -0.2) is 30.5 Å². The lowest BCUT2D eigenvalue weighted by atomic mass is 9.85. The lowest BCUT2D eigenvalue weighted by Gasteiger charge is -2.27. The normalized spacial score (nSPS) is 17.4. The number of ketones is 1. The van der Waals surface area contributed by atoms with E-state index in [-0.39, 0.29) is 16.7 Å². The summed E-state index contributed by atoms with van der Waals surface area (Å²) in [4.78, 5) is 28.3. The number of rotatable bonds is 6. The van der Waals surface area contributed by atoms with Gasteiger partial charge in [0.25, 0.3) is 11.7 Å².